The number of fused-ring (bicyclic) bond motifs is 1. The highest BCUT2D eigenvalue weighted by Gasteiger charge is 2.15. The summed E-state index contributed by atoms with van der Waals surface area (Å²) in [5.41, 5.74) is 4.93. The predicted octanol–water partition coefficient (Wildman–Crippen LogP) is 5.72. The number of carbonyl (C=O) groups is 2. The quantitative estimate of drug-likeness (QED) is 0.236. The first-order chi connectivity index (χ1) is 18.7. The SMILES string of the molecule is O=C(Nc1nc2cc(NCC(=O)c3ccccc3)ccc2n1CCc1cccnc1)OCc1ccccc1. The van der Waals surface area contributed by atoms with Gasteiger partial charge in [-0.25, -0.2) is 9.78 Å². The van der Waals surface area contributed by atoms with Crippen LogP contribution in [0.15, 0.2) is 103 Å². The van der Waals surface area contributed by atoms with E-state index < -0.39 is 6.09 Å². The van der Waals surface area contributed by atoms with Gasteiger partial charge in [-0.3, -0.25) is 15.1 Å². The number of ketones is 1. The van der Waals surface area contributed by atoms with Crippen LogP contribution in [0.3, 0.4) is 0 Å². The number of imidazole rings is 1. The number of benzene rings is 3. The van der Waals surface area contributed by atoms with E-state index in [1.54, 1.807) is 18.3 Å². The second-order valence-corrected chi connectivity index (χ2v) is 8.73. The lowest BCUT2D eigenvalue weighted by atomic mass is 10.1. The molecule has 0 aliphatic carbocycles. The minimum Gasteiger partial charge on any atom is -0.444 e. The minimum absolute atomic E-state index is 0.00351. The van der Waals surface area contributed by atoms with Gasteiger partial charge in [-0.05, 0) is 41.8 Å². The van der Waals surface area contributed by atoms with Crippen molar-refractivity contribution in [3.8, 4) is 0 Å². The van der Waals surface area contributed by atoms with Gasteiger partial charge in [0.25, 0.3) is 0 Å². The molecule has 0 aliphatic heterocycles. The van der Waals surface area contributed by atoms with Crippen molar-refractivity contribution in [3.63, 3.8) is 0 Å². The Balaban J connectivity index is 1.33. The van der Waals surface area contributed by atoms with Crippen LogP contribution >= 0.6 is 0 Å². The normalized spacial score (nSPS) is 10.7. The van der Waals surface area contributed by atoms with Crippen molar-refractivity contribution >= 4 is 34.5 Å². The zero-order valence-corrected chi connectivity index (χ0v) is 20.7. The number of Topliss-reactive ketones (excluding diaryl/α,β-unsaturated/α-hetero) is 1. The number of anilines is 2. The van der Waals surface area contributed by atoms with Crippen molar-refractivity contribution in [3.05, 3.63) is 120 Å². The summed E-state index contributed by atoms with van der Waals surface area (Å²) in [5.74, 6) is 0.385. The van der Waals surface area contributed by atoms with Gasteiger partial charge in [0.05, 0.1) is 17.6 Å². The molecule has 0 bridgehead atoms. The van der Waals surface area contributed by atoms with Gasteiger partial charge in [-0.15, -0.1) is 0 Å². The molecule has 0 unspecified atom stereocenters. The Labute approximate surface area is 220 Å². The zero-order chi connectivity index (χ0) is 26.2. The van der Waals surface area contributed by atoms with Crippen LogP contribution in [0.1, 0.15) is 21.5 Å². The van der Waals surface area contributed by atoms with E-state index in [2.05, 4.69) is 20.6 Å². The van der Waals surface area contributed by atoms with Crippen LogP contribution in [-0.2, 0) is 24.3 Å². The molecule has 0 aliphatic rings. The standard InChI is InChI=1S/C30H27N5O3/c36-28(24-11-5-2-6-12-24)20-32-25-13-14-27-26(18-25)33-29(35(27)17-15-22-10-7-16-31-19-22)34-30(37)38-21-23-8-3-1-4-9-23/h1-14,16,18-19,32H,15,17,20-21H2,(H,33,34,37). The van der Waals surface area contributed by atoms with Crippen molar-refractivity contribution < 1.29 is 14.3 Å². The molecule has 0 saturated heterocycles. The Morgan fingerprint density at radius 3 is 2.39 bits per heavy atom. The summed E-state index contributed by atoms with van der Waals surface area (Å²) >= 11 is 0. The maximum Gasteiger partial charge on any atom is 0.414 e. The summed E-state index contributed by atoms with van der Waals surface area (Å²) in [6.07, 6.45) is 3.69. The van der Waals surface area contributed by atoms with E-state index in [0.29, 0.717) is 30.0 Å². The maximum absolute atomic E-state index is 12.6. The van der Waals surface area contributed by atoms with Crippen LogP contribution in [0.25, 0.3) is 11.0 Å². The Bertz CT molecular complexity index is 1520. The number of pyridine rings is 1. The van der Waals surface area contributed by atoms with Crippen LogP contribution in [-0.4, -0.2) is 33.0 Å². The fourth-order valence-corrected chi connectivity index (χ4v) is 4.11. The average molecular weight is 506 g/mol. The number of amides is 1. The van der Waals surface area contributed by atoms with Crippen molar-refractivity contribution in [2.45, 2.75) is 19.6 Å². The minimum atomic E-state index is -0.585. The Hall–Kier alpha value is -4.98. The van der Waals surface area contributed by atoms with Gasteiger partial charge in [0.2, 0.25) is 5.95 Å². The van der Waals surface area contributed by atoms with Crippen molar-refractivity contribution in [2.75, 3.05) is 17.2 Å². The highest BCUT2D eigenvalue weighted by atomic mass is 16.5. The summed E-state index contributed by atoms with van der Waals surface area (Å²) in [5, 5.41) is 5.98. The first-order valence-corrected chi connectivity index (χ1v) is 12.3. The smallest absolute Gasteiger partial charge is 0.414 e. The summed E-state index contributed by atoms with van der Waals surface area (Å²) in [7, 11) is 0. The van der Waals surface area contributed by atoms with Crippen molar-refractivity contribution in [2.24, 2.45) is 0 Å². The summed E-state index contributed by atoms with van der Waals surface area (Å²) in [4.78, 5) is 34.0. The van der Waals surface area contributed by atoms with Gasteiger partial charge in [-0.1, -0.05) is 66.7 Å². The molecule has 0 fully saturated rings. The molecule has 0 saturated carbocycles. The first-order valence-electron chi connectivity index (χ1n) is 12.3. The lowest BCUT2D eigenvalue weighted by molar-refractivity contribution is 0.101. The molecule has 5 aromatic rings. The van der Waals surface area contributed by atoms with Crippen LogP contribution in [0.4, 0.5) is 16.4 Å². The maximum atomic E-state index is 12.6. The predicted molar refractivity (Wildman–Crippen MR) is 147 cm³/mol. The molecular weight excluding hydrogens is 478 g/mol. The molecule has 3 aromatic carbocycles. The van der Waals surface area contributed by atoms with Gasteiger partial charge in [0, 0.05) is 30.2 Å². The Morgan fingerprint density at radius 2 is 1.63 bits per heavy atom. The molecule has 2 aromatic heterocycles. The molecule has 0 spiro atoms. The largest absolute Gasteiger partial charge is 0.444 e. The molecule has 8 heteroatoms. The fraction of sp³-hybridized carbons (Fsp3) is 0.133. The molecule has 1 amide bonds. The summed E-state index contributed by atoms with van der Waals surface area (Å²) in [6.45, 7) is 0.899. The van der Waals surface area contributed by atoms with Crippen LogP contribution < -0.4 is 10.6 Å². The zero-order valence-electron chi connectivity index (χ0n) is 20.7. The fourth-order valence-electron chi connectivity index (χ4n) is 4.11. The monoisotopic (exact) mass is 505 g/mol. The van der Waals surface area contributed by atoms with Gasteiger partial charge in [0.1, 0.15) is 6.61 Å². The lowest BCUT2D eigenvalue weighted by Crippen LogP contribution is -2.17. The number of ether oxygens (including phenoxy) is 1. The summed E-state index contributed by atoms with van der Waals surface area (Å²) in [6, 6.07) is 28.3. The lowest BCUT2D eigenvalue weighted by Gasteiger charge is -2.11. The van der Waals surface area contributed by atoms with E-state index in [0.717, 1.165) is 22.3 Å². The third-order valence-corrected chi connectivity index (χ3v) is 6.07. The Morgan fingerprint density at radius 1 is 0.868 bits per heavy atom. The number of nitrogens with zero attached hydrogens (tertiary/aromatic N) is 3. The second kappa shape index (κ2) is 11.8. The third-order valence-electron chi connectivity index (χ3n) is 6.07. The molecule has 190 valence electrons. The van der Waals surface area contributed by atoms with E-state index in [4.69, 9.17) is 4.74 Å². The van der Waals surface area contributed by atoms with Crippen molar-refractivity contribution in [1.82, 2.24) is 14.5 Å². The topological polar surface area (TPSA) is 98.1 Å². The molecule has 0 radical (unpaired) electrons. The first kappa shape index (κ1) is 24.7. The van der Waals surface area contributed by atoms with Gasteiger partial charge in [-0.2, -0.15) is 0 Å². The highest BCUT2D eigenvalue weighted by Crippen LogP contribution is 2.24. The van der Waals surface area contributed by atoms with Gasteiger partial charge >= 0.3 is 6.09 Å². The molecule has 2 heterocycles. The molecule has 0 atom stereocenters. The number of hydrogen-bond donors (Lipinski definition) is 2. The molecule has 38 heavy (non-hydrogen) atoms. The molecular formula is C30H27N5O3. The van der Waals surface area contributed by atoms with Crippen LogP contribution in [0.2, 0.25) is 0 Å². The van der Waals surface area contributed by atoms with E-state index >= 15 is 0 Å². The number of carbonyl (C=O) groups excluding carboxylic acids is 2. The number of aryl methyl sites for hydroxylation is 2. The van der Waals surface area contributed by atoms with E-state index in [1.165, 1.54) is 0 Å². The molecule has 5 rings (SSSR count). The van der Waals surface area contributed by atoms with E-state index in [-0.39, 0.29) is 18.9 Å². The van der Waals surface area contributed by atoms with Crippen molar-refractivity contribution in [1.29, 1.82) is 0 Å². The second-order valence-electron chi connectivity index (χ2n) is 8.73. The molecule has 2 N–H and O–H groups in total. The Kier molecular flexibility index (Phi) is 7.69. The number of hydrogen-bond acceptors (Lipinski definition) is 6. The number of nitrogens with one attached hydrogen (secondary N) is 2. The average Bonchev–Trinajstić information content (AvgIpc) is 3.31. The highest BCUT2D eigenvalue weighted by molar-refractivity contribution is 5.99. The summed E-state index contributed by atoms with van der Waals surface area (Å²) < 4.78 is 7.36. The number of aromatic nitrogens is 3. The van der Waals surface area contributed by atoms with E-state index in [1.807, 2.05) is 89.6 Å². The van der Waals surface area contributed by atoms with Crippen LogP contribution in [0, 0.1) is 0 Å². The third kappa shape index (κ3) is 6.22. The van der Waals surface area contributed by atoms with Gasteiger partial charge < -0.3 is 14.6 Å². The molecule has 8 nitrogen and oxygen atoms in total. The van der Waals surface area contributed by atoms with Crippen LogP contribution in [0.5, 0.6) is 0 Å². The number of rotatable bonds is 10. The van der Waals surface area contributed by atoms with E-state index in [9.17, 15) is 9.59 Å². The van der Waals surface area contributed by atoms with Gasteiger partial charge in [0.15, 0.2) is 5.78 Å².